The highest BCUT2D eigenvalue weighted by Crippen LogP contribution is 2.25. The van der Waals surface area contributed by atoms with Crippen molar-refractivity contribution in [2.75, 3.05) is 18.4 Å². The Bertz CT molecular complexity index is 580. The van der Waals surface area contributed by atoms with Crippen molar-refractivity contribution in [3.8, 4) is 0 Å². The summed E-state index contributed by atoms with van der Waals surface area (Å²) in [6.45, 7) is 5.64. The summed E-state index contributed by atoms with van der Waals surface area (Å²) >= 11 is 17.3. The zero-order valence-corrected chi connectivity index (χ0v) is 14.9. The molecule has 0 radical (unpaired) electrons. The number of nitrogens with one attached hydrogen (secondary N) is 2. The van der Waals surface area contributed by atoms with Crippen LogP contribution in [0.25, 0.3) is 0 Å². The molecule has 1 heterocycles. The number of nitrogens with zero attached hydrogens (tertiary/aromatic N) is 1. The topological polar surface area (TPSA) is 44.4 Å². The number of likely N-dealkylation sites (tertiary alicyclic amines) is 1. The number of thiocarbonyl (C=S) groups is 1. The van der Waals surface area contributed by atoms with Gasteiger partial charge in [0.05, 0.1) is 16.8 Å². The van der Waals surface area contributed by atoms with Gasteiger partial charge < -0.3 is 15.5 Å². The molecule has 2 rings (SSSR count). The number of anilines is 1. The number of carbonyl (C=O) groups is 1. The lowest BCUT2D eigenvalue weighted by Gasteiger charge is -2.20. The van der Waals surface area contributed by atoms with Crippen molar-refractivity contribution in [2.24, 2.45) is 5.92 Å². The molecule has 1 saturated heterocycles. The van der Waals surface area contributed by atoms with E-state index in [4.69, 9.17) is 35.4 Å². The Hall–Kier alpha value is -1.04. The number of benzene rings is 1. The molecule has 22 heavy (non-hydrogen) atoms. The normalized spacial score (nSPS) is 18.0. The van der Waals surface area contributed by atoms with Gasteiger partial charge in [0.25, 0.3) is 0 Å². The summed E-state index contributed by atoms with van der Waals surface area (Å²) in [5, 5.41) is 7.74. The number of hydrogen-bond donors (Lipinski definition) is 2. The third-order valence-electron chi connectivity index (χ3n) is 3.31. The maximum atomic E-state index is 11.9. The summed E-state index contributed by atoms with van der Waals surface area (Å²) < 4.78 is 0. The largest absolute Gasteiger partial charge is 0.357 e. The van der Waals surface area contributed by atoms with E-state index in [1.54, 1.807) is 18.2 Å². The standard InChI is InChI=1S/C15H19Cl2N3OS/c1-9(2)7-20-8-11(6-14(20)21)18-15(22)19-13-5-10(16)3-4-12(13)17/h3-5,9,11H,6-8H2,1-2H3,(H2,18,19,22). The first-order chi connectivity index (χ1) is 10.3. The van der Waals surface area contributed by atoms with Crippen LogP contribution < -0.4 is 10.6 Å². The third-order valence-corrected chi connectivity index (χ3v) is 4.10. The Balaban J connectivity index is 1.90. The molecule has 0 aromatic heterocycles. The van der Waals surface area contributed by atoms with Crippen LogP contribution in [0.15, 0.2) is 18.2 Å². The van der Waals surface area contributed by atoms with E-state index < -0.39 is 0 Å². The first-order valence-corrected chi connectivity index (χ1v) is 8.32. The highest BCUT2D eigenvalue weighted by Gasteiger charge is 2.30. The van der Waals surface area contributed by atoms with Gasteiger partial charge in [0.15, 0.2) is 5.11 Å². The molecule has 4 nitrogen and oxygen atoms in total. The van der Waals surface area contributed by atoms with Gasteiger partial charge in [-0.05, 0) is 36.3 Å². The van der Waals surface area contributed by atoms with E-state index >= 15 is 0 Å². The van der Waals surface area contributed by atoms with Crippen LogP contribution in [-0.4, -0.2) is 35.1 Å². The highest BCUT2D eigenvalue weighted by molar-refractivity contribution is 7.80. The quantitative estimate of drug-likeness (QED) is 0.807. The van der Waals surface area contributed by atoms with Crippen LogP contribution in [0.4, 0.5) is 5.69 Å². The maximum absolute atomic E-state index is 11.9. The predicted octanol–water partition coefficient (Wildman–Crippen LogP) is 3.54. The van der Waals surface area contributed by atoms with E-state index in [0.29, 0.717) is 39.7 Å². The highest BCUT2D eigenvalue weighted by atomic mass is 35.5. The van der Waals surface area contributed by atoms with Crippen LogP contribution in [0.3, 0.4) is 0 Å². The average molecular weight is 360 g/mol. The molecule has 1 aliphatic heterocycles. The molecule has 0 aliphatic carbocycles. The summed E-state index contributed by atoms with van der Waals surface area (Å²) in [5.74, 6) is 0.618. The van der Waals surface area contributed by atoms with Gasteiger partial charge >= 0.3 is 0 Å². The number of halogens is 2. The van der Waals surface area contributed by atoms with Gasteiger partial charge in [-0.2, -0.15) is 0 Å². The second-order valence-corrected chi connectivity index (χ2v) is 7.07. The van der Waals surface area contributed by atoms with Crippen molar-refractivity contribution in [1.29, 1.82) is 0 Å². The van der Waals surface area contributed by atoms with E-state index in [9.17, 15) is 4.79 Å². The van der Waals surface area contributed by atoms with Crippen molar-refractivity contribution in [3.63, 3.8) is 0 Å². The van der Waals surface area contributed by atoms with E-state index in [1.165, 1.54) is 0 Å². The summed E-state index contributed by atoms with van der Waals surface area (Å²) in [7, 11) is 0. The predicted molar refractivity (Wildman–Crippen MR) is 95.6 cm³/mol. The van der Waals surface area contributed by atoms with E-state index in [-0.39, 0.29) is 11.9 Å². The van der Waals surface area contributed by atoms with Crippen LogP contribution >= 0.6 is 35.4 Å². The molecule has 7 heteroatoms. The summed E-state index contributed by atoms with van der Waals surface area (Å²) in [6.07, 6.45) is 0.456. The monoisotopic (exact) mass is 359 g/mol. The molecular formula is C15H19Cl2N3OS. The van der Waals surface area contributed by atoms with Gasteiger partial charge in [-0.25, -0.2) is 0 Å². The van der Waals surface area contributed by atoms with Crippen molar-refractivity contribution in [1.82, 2.24) is 10.2 Å². The van der Waals surface area contributed by atoms with E-state index in [0.717, 1.165) is 6.54 Å². The molecule has 1 amide bonds. The smallest absolute Gasteiger partial charge is 0.224 e. The summed E-state index contributed by atoms with van der Waals surface area (Å²) in [5.41, 5.74) is 0.648. The second kappa shape index (κ2) is 7.49. The van der Waals surface area contributed by atoms with Crippen LogP contribution in [0.2, 0.25) is 10.0 Å². The summed E-state index contributed by atoms with van der Waals surface area (Å²) in [6, 6.07) is 5.15. The molecule has 0 spiro atoms. The fraction of sp³-hybridized carbons (Fsp3) is 0.467. The van der Waals surface area contributed by atoms with Crippen molar-refractivity contribution in [2.45, 2.75) is 26.3 Å². The van der Waals surface area contributed by atoms with Crippen LogP contribution in [-0.2, 0) is 4.79 Å². The molecule has 120 valence electrons. The molecule has 1 aromatic carbocycles. The summed E-state index contributed by atoms with van der Waals surface area (Å²) in [4.78, 5) is 13.8. The number of carbonyl (C=O) groups excluding carboxylic acids is 1. The second-order valence-electron chi connectivity index (χ2n) is 5.82. The van der Waals surface area contributed by atoms with Gasteiger partial charge in [-0.3, -0.25) is 4.79 Å². The van der Waals surface area contributed by atoms with Gasteiger partial charge in [-0.15, -0.1) is 0 Å². The van der Waals surface area contributed by atoms with Crippen LogP contribution in [0.5, 0.6) is 0 Å². The number of rotatable bonds is 4. The van der Waals surface area contributed by atoms with Crippen LogP contribution in [0, 0.1) is 5.92 Å². The van der Waals surface area contributed by atoms with E-state index in [2.05, 4.69) is 24.5 Å². The lowest BCUT2D eigenvalue weighted by molar-refractivity contribution is -0.128. The van der Waals surface area contributed by atoms with Gasteiger partial charge in [0.1, 0.15) is 0 Å². The van der Waals surface area contributed by atoms with Gasteiger partial charge in [-0.1, -0.05) is 37.0 Å². The Kier molecular flexibility index (Phi) is 5.89. The van der Waals surface area contributed by atoms with Gasteiger partial charge in [0, 0.05) is 24.5 Å². The fourth-order valence-electron chi connectivity index (χ4n) is 2.42. The Morgan fingerprint density at radius 3 is 2.86 bits per heavy atom. The zero-order chi connectivity index (χ0) is 16.3. The molecule has 0 bridgehead atoms. The maximum Gasteiger partial charge on any atom is 0.224 e. The lowest BCUT2D eigenvalue weighted by Crippen LogP contribution is -2.40. The minimum Gasteiger partial charge on any atom is -0.357 e. The average Bonchev–Trinajstić information content (AvgIpc) is 2.73. The molecule has 1 fully saturated rings. The lowest BCUT2D eigenvalue weighted by atomic mass is 10.2. The van der Waals surface area contributed by atoms with Crippen molar-refractivity contribution >= 4 is 52.1 Å². The minimum atomic E-state index is 0.0178. The fourth-order valence-corrected chi connectivity index (χ4v) is 3.04. The Labute approximate surface area is 146 Å². The number of hydrogen-bond acceptors (Lipinski definition) is 2. The molecule has 2 N–H and O–H groups in total. The van der Waals surface area contributed by atoms with Crippen LogP contribution in [0.1, 0.15) is 20.3 Å². The number of amides is 1. The first kappa shape index (κ1) is 17.3. The molecule has 1 unspecified atom stereocenters. The molecule has 1 atom stereocenters. The molecule has 1 aromatic rings. The van der Waals surface area contributed by atoms with E-state index in [1.807, 2.05) is 4.90 Å². The third kappa shape index (κ3) is 4.73. The first-order valence-electron chi connectivity index (χ1n) is 7.15. The molecule has 1 aliphatic rings. The van der Waals surface area contributed by atoms with Gasteiger partial charge in [0.2, 0.25) is 5.91 Å². The van der Waals surface area contributed by atoms with Crippen molar-refractivity contribution in [3.05, 3.63) is 28.2 Å². The Morgan fingerprint density at radius 2 is 2.18 bits per heavy atom. The molecule has 0 saturated carbocycles. The minimum absolute atomic E-state index is 0.0178. The SMILES string of the molecule is CC(C)CN1CC(NC(=S)Nc2cc(Cl)ccc2Cl)CC1=O. The molecular weight excluding hydrogens is 341 g/mol. The Morgan fingerprint density at radius 1 is 1.45 bits per heavy atom. The zero-order valence-electron chi connectivity index (χ0n) is 12.5. The van der Waals surface area contributed by atoms with Crippen molar-refractivity contribution < 1.29 is 4.79 Å².